The summed E-state index contributed by atoms with van der Waals surface area (Å²) in [6.07, 6.45) is -1.15. The van der Waals surface area contributed by atoms with Crippen LogP contribution in [-0.2, 0) is 6.18 Å². The first-order chi connectivity index (χ1) is 12.3. The molecule has 130 valence electrons. The lowest BCUT2D eigenvalue weighted by Crippen LogP contribution is -2.08. The van der Waals surface area contributed by atoms with E-state index in [0.717, 1.165) is 23.1 Å². The van der Waals surface area contributed by atoms with Gasteiger partial charge in [-0.05, 0) is 11.6 Å². The van der Waals surface area contributed by atoms with Crippen molar-refractivity contribution in [3.8, 4) is 23.0 Å². The van der Waals surface area contributed by atoms with E-state index in [0.29, 0.717) is 0 Å². The van der Waals surface area contributed by atoms with Gasteiger partial charge in [-0.15, -0.1) is 0 Å². The molecule has 6 nitrogen and oxygen atoms in total. The van der Waals surface area contributed by atoms with Crippen LogP contribution in [0.3, 0.4) is 0 Å². The molecule has 1 aromatic carbocycles. The van der Waals surface area contributed by atoms with Crippen LogP contribution < -0.4 is 0 Å². The Balaban J connectivity index is 2.12. The number of pyridine rings is 1. The number of alkyl halides is 3. The van der Waals surface area contributed by atoms with Crippen LogP contribution in [0, 0.1) is 11.3 Å². The van der Waals surface area contributed by atoms with Crippen molar-refractivity contribution in [1.29, 1.82) is 5.26 Å². The summed E-state index contributed by atoms with van der Waals surface area (Å²) >= 11 is 0. The van der Waals surface area contributed by atoms with Crippen molar-refractivity contribution in [2.45, 2.75) is 6.18 Å². The lowest BCUT2D eigenvalue weighted by Gasteiger charge is -2.14. The van der Waals surface area contributed by atoms with E-state index >= 15 is 0 Å². The van der Waals surface area contributed by atoms with E-state index in [1.807, 2.05) is 6.07 Å². The standard InChI is InChI=1S/C17H9F3N4O2/c18-17(19,20)14-4-2-1-3-12(14)13-8-22-15(5-10(13)6-21)24-9-11(7-23-24)16(25)26/h1-5,7-9H,(H,25,26). The van der Waals surface area contributed by atoms with Crippen LogP contribution in [-0.4, -0.2) is 25.8 Å². The molecule has 2 aromatic heterocycles. The van der Waals surface area contributed by atoms with E-state index in [4.69, 9.17) is 5.11 Å². The molecule has 0 bridgehead atoms. The van der Waals surface area contributed by atoms with Crippen molar-refractivity contribution >= 4 is 5.97 Å². The maximum atomic E-state index is 13.2. The van der Waals surface area contributed by atoms with Crippen LogP contribution in [0.4, 0.5) is 13.2 Å². The summed E-state index contributed by atoms with van der Waals surface area (Å²) < 4.78 is 40.8. The molecule has 0 fully saturated rings. The molecule has 0 saturated heterocycles. The van der Waals surface area contributed by atoms with Crippen LogP contribution in [0.2, 0.25) is 0 Å². The molecule has 3 aromatic rings. The van der Waals surface area contributed by atoms with Crippen molar-refractivity contribution in [1.82, 2.24) is 14.8 Å². The molecule has 0 aliphatic carbocycles. The Morgan fingerprint density at radius 2 is 1.92 bits per heavy atom. The number of aromatic carboxylic acids is 1. The Kier molecular flexibility index (Phi) is 4.18. The van der Waals surface area contributed by atoms with Gasteiger partial charge >= 0.3 is 12.1 Å². The molecule has 0 spiro atoms. The van der Waals surface area contributed by atoms with Gasteiger partial charge < -0.3 is 5.11 Å². The van der Waals surface area contributed by atoms with Crippen molar-refractivity contribution in [2.75, 3.05) is 0 Å². The highest BCUT2D eigenvalue weighted by Crippen LogP contribution is 2.37. The topological polar surface area (TPSA) is 91.8 Å². The zero-order chi connectivity index (χ0) is 18.9. The van der Waals surface area contributed by atoms with Crippen molar-refractivity contribution < 1.29 is 23.1 Å². The molecule has 0 aliphatic heterocycles. The number of halogens is 3. The number of carboxylic acids is 1. The van der Waals surface area contributed by atoms with Gasteiger partial charge in [0.15, 0.2) is 5.82 Å². The summed E-state index contributed by atoms with van der Waals surface area (Å²) in [5, 5.41) is 22.1. The van der Waals surface area contributed by atoms with Gasteiger partial charge in [-0.25, -0.2) is 14.5 Å². The number of aromatic nitrogens is 3. The molecule has 0 saturated carbocycles. The first-order valence-corrected chi connectivity index (χ1v) is 7.16. The second-order valence-electron chi connectivity index (χ2n) is 5.22. The fraction of sp³-hybridized carbons (Fsp3) is 0.0588. The molecule has 26 heavy (non-hydrogen) atoms. The van der Waals surface area contributed by atoms with Crippen molar-refractivity contribution in [3.05, 3.63) is 65.6 Å². The number of nitrogens with zero attached hydrogens (tertiary/aromatic N) is 4. The number of carboxylic acid groups (broad SMARTS) is 1. The minimum Gasteiger partial charge on any atom is -0.478 e. The number of benzene rings is 1. The van der Waals surface area contributed by atoms with Crippen LogP contribution in [0.25, 0.3) is 16.9 Å². The summed E-state index contributed by atoms with van der Waals surface area (Å²) in [5.74, 6) is -1.07. The molecule has 3 rings (SSSR count). The predicted molar refractivity (Wildman–Crippen MR) is 83.5 cm³/mol. The van der Waals surface area contributed by atoms with Crippen LogP contribution in [0.5, 0.6) is 0 Å². The highest BCUT2D eigenvalue weighted by molar-refractivity contribution is 5.87. The SMILES string of the molecule is N#Cc1cc(-n2cc(C(=O)O)cn2)ncc1-c1ccccc1C(F)(F)F. The molecule has 0 radical (unpaired) electrons. The van der Waals surface area contributed by atoms with Gasteiger partial charge in [0.1, 0.15) is 0 Å². The second kappa shape index (κ2) is 6.33. The van der Waals surface area contributed by atoms with E-state index in [-0.39, 0.29) is 28.1 Å². The molecule has 1 N–H and O–H groups in total. The van der Waals surface area contributed by atoms with Crippen LogP contribution >= 0.6 is 0 Å². The molecule has 9 heteroatoms. The Labute approximate surface area is 144 Å². The van der Waals surface area contributed by atoms with E-state index in [2.05, 4.69) is 10.1 Å². The second-order valence-corrected chi connectivity index (χ2v) is 5.22. The number of hydrogen-bond acceptors (Lipinski definition) is 4. The number of rotatable bonds is 3. The van der Waals surface area contributed by atoms with E-state index in [1.54, 1.807) is 0 Å². The largest absolute Gasteiger partial charge is 0.478 e. The first kappa shape index (κ1) is 17.2. The third-order valence-corrected chi connectivity index (χ3v) is 3.60. The average molecular weight is 358 g/mol. The summed E-state index contributed by atoms with van der Waals surface area (Å²) in [6, 6.07) is 7.99. The minimum absolute atomic E-state index is 0.0230. The molecular formula is C17H9F3N4O2. The van der Waals surface area contributed by atoms with Gasteiger partial charge in [-0.1, -0.05) is 18.2 Å². The maximum Gasteiger partial charge on any atom is 0.417 e. The molecule has 0 aliphatic rings. The Morgan fingerprint density at radius 3 is 2.54 bits per heavy atom. The normalized spacial score (nSPS) is 11.2. The van der Waals surface area contributed by atoms with E-state index in [1.165, 1.54) is 30.5 Å². The molecular weight excluding hydrogens is 349 g/mol. The zero-order valence-electron chi connectivity index (χ0n) is 12.9. The molecule has 0 amide bonds. The maximum absolute atomic E-state index is 13.2. The fourth-order valence-corrected chi connectivity index (χ4v) is 2.40. The Morgan fingerprint density at radius 1 is 1.19 bits per heavy atom. The van der Waals surface area contributed by atoms with Gasteiger partial charge in [0.2, 0.25) is 0 Å². The van der Waals surface area contributed by atoms with Crippen LogP contribution in [0.1, 0.15) is 21.5 Å². The van der Waals surface area contributed by atoms with Crippen LogP contribution in [0.15, 0.2) is 48.9 Å². The molecule has 0 atom stereocenters. The number of nitriles is 1. The van der Waals surface area contributed by atoms with Gasteiger partial charge in [0.05, 0.1) is 29.0 Å². The minimum atomic E-state index is -4.58. The summed E-state index contributed by atoms with van der Waals surface area (Å²) in [4.78, 5) is 14.9. The number of hydrogen-bond donors (Lipinski definition) is 1. The third-order valence-electron chi connectivity index (χ3n) is 3.60. The van der Waals surface area contributed by atoms with Gasteiger partial charge in [-0.2, -0.15) is 23.5 Å². The number of carbonyl (C=O) groups is 1. The Hall–Kier alpha value is -3.67. The molecule has 2 heterocycles. The summed E-state index contributed by atoms with van der Waals surface area (Å²) in [5.41, 5.74) is -1.15. The van der Waals surface area contributed by atoms with E-state index < -0.39 is 17.7 Å². The van der Waals surface area contributed by atoms with E-state index in [9.17, 15) is 23.2 Å². The lowest BCUT2D eigenvalue weighted by atomic mass is 9.97. The monoisotopic (exact) mass is 358 g/mol. The first-order valence-electron chi connectivity index (χ1n) is 7.16. The van der Waals surface area contributed by atoms with Gasteiger partial charge in [0.25, 0.3) is 0 Å². The fourth-order valence-electron chi connectivity index (χ4n) is 2.40. The van der Waals surface area contributed by atoms with Gasteiger partial charge in [-0.3, -0.25) is 0 Å². The third kappa shape index (κ3) is 3.12. The molecule has 0 unspecified atom stereocenters. The zero-order valence-corrected chi connectivity index (χ0v) is 12.9. The van der Waals surface area contributed by atoms with Crippen molar-refractivity contribution in [3.63, 3.8) is 0 Å². The summed E-state index contributed by atoms with van der Waals surface area (Å²) in [7, 11) is 0. The van der Waals surface area contributed by atoms with Gasteiger partial charge in [0, 0.05) is 24.0 Å². The lowest BCUT2D eigenvalue weighted by molar-refractivity contribution is -0.137. The summed E-state index contributed by atoms with van der Waals surface area (Å²) in [6.45, 7) is 0. The highest BCUT2D eigenvalue weighted by Gasteiger charge is 2.33. The Bertz CT molecular complexity index is 1030. The smallest absolute Gasteiger partial charge is 0.417 e. The average Bonchev–Trinajstić information content (AvgIpc) is 3.11. The van der Waals surface area contributed by atoms with Crippen molar-refractivity contribution in [2.24, 2.45) is 0 Å². The quantitative estimate of drug-likeness (QED) is 0.773. The predicted octanol–water partition coefficient (Wildman–Crippen LogP) is 3.52. The highest BCUT2D eigenvalue weighted by atomic mass is 19.4.